The average molecular weight is 467 g/mol. The van der Waals surface area contributed by atoms with Crippen LogP contribution < -0.4 is 20.3 Å². The highest BCUT2D eigenvalue weighted by Gasteiger charge is 2.31. The third kappa shape index (κ3) is 7.51. The SMILES string of the molecule is O=C(Nc1cncnc1)Nc1cc(OC(=O)O)ccc1N(CCC(F)(F)F)C1CCCCC1. The Labute approximate surface area is 188 Å². The first kappa shape index (κ1) is 24.1. The summed E-state index contributed by atoms with van der Waals surface area (Å²) in [5.41, 5.74) is 0.773. The van der Waals surface area contributed by atoms with Crippen molar-refractivity contribution in [2.24, 2.45) is 0 Å². The van der Waals surface area contributed by atoms with Crippen molar-refractivity contribution in [1.29, 1.82) is 0 Å². The van der Waals surface area contributed by atoms with E-state index in [0.29, 0.717) is 11.4 Å². The van der Waals surface area contributed by atoms with Gasteiger partial charge in [-0.05, 0) is 25.0 Å². The van der Waals surface area contributed by atoms with Gasteiger partial charge in [0, 0.05) is 18.7 Å². The van der Waals surface area contributed by atoms with E-state index in [1.165, 1.54) is 36.9 Å². The van der Waals surface area contributed by atoms with E-state index in [-0.39, 0.29) is 24.0 Å². The number of carbonyl (C=O) groups excluding carboxylic acids is 1. The average Bonchev–Trinajstić information content (AvgIpc) is 2.75. The minimum absolute atomic E-state index is 0.0796. The molecule has 1 heterocycles. The van der Waals surface area contributed by atoms with Gasteiger partial charge in [0.25, 0.3) is 0 Å². The van der Waals surface area contributed by atoms with E-state index in [2.05, 4.69) is 25.3 Å². The lowest BCUT2D eigenvalue weighted by Crippen LogP contribution is -2.39. The van der Waals surface area contributed by atoms with E-state index in [4.69, 9.17) is 5.11 Å². The number of alkyl halides is 3. The molecule has 3 rings (SSSR count). The van der Waals surface area contributed by atoms with Crippen molar-refractivity contribution in [2.45, 2.75) is 50.7 Å². The standard InChI is InChI=1S/C21H24F3N5O4/c22-21(23,24)8-9-29(15-4-2-1-3-5-15)18-7-6-16(33-20(31)32)10-17(18)28-19(30)27-14-11-25-13-26-12-14/h6-7,10-13,15H,1-5,8-9H2,(H,31,32)(H2,27,28,30). The number of anilines is 3. The second-order valence-electron chi connectivity index (χ2n) is 7.60. The lowest BCUT2D eigenvalue weighted by Gasteiger charge is -2.37. The number of nitrogens with one attached hydrogen (secondary N) is 2. The number of hydrogen-bond acceptors (Lipinski definition) is 6. The molecule has 0 unspecified atom stereocenters. The van der Waals surface area contributed by atoms with Crippen molar-refractivity contribution in [3.63, 3.8) is 0 Å². The number of amides is 2. The highest BCUT2D eigenvalue weighted by Crippen LogP contribution is 2.36. The summed E-state index contributed by atoms with van der Waals surface area (Å²) >= 11 is 0. The number of carboxylic acid groups (broad SMARTS) is 1. The van der Waals surface area contributed by atoms with E-state index in [0.717, 1.165) is 32.1 Å². The molecule has 178 valence electrons. The van der Waals surface area contributed by atoms with Crippen LogP contribution in [0.4, 0.5) is 39.8 Å². The number of urea groups is 1. The summed E-state index contributed by atoms with van der Waals surface area (Å²) in [4.78, 5) is 32.7. The second-order valence-corrected chi connectivity index (χ2v) is 7.60. The van der Waals surface area contributed by atoms with E-state index in [9.17, 15) is 22.8 Å². The first-order chi connectivity index (χ1) is 15.7. The van der Waals surface area contributed by atoms with Gasteiger partial charge in [-0.1, -0.05) is 19.3 Å². The Hall–Kier alpha value is -3.57. The van der Waals surface area contributed by atoms with E-state index >= 15 is 0 Å². The Kier molecular flexibility index (Phi) is 7.91. The molecular weight excluding hydrogens is 443 g/mol. The normalized spacial score (nSPS) is 14.4. The molecule has 0 radical (unpaired) electrons. The molecule has 1 fully saturated rings. The Balaban J connectivity index is 1.91. The third-order valence-electron chi connectivity index (χ3n) is 5.20. The molecule has 33 heavy (non-hydrogen) atoms. The Morgan fingerprint density at radius 1 is 1.12 bits per heavy atom. The maximum atomic E-state index is 13.1. The number of carbonyl (C=O) groups is 2. The van der Waals surface area contributed by atoms with Crippen LogP contribution in [0.2, 0.25) is 0 Å². The third-order valence-corrected chi connectivity index (χ3v) is 5.20. The van der Waals surface area contributed by atoms with Crippen LogP contribution in [-0.2, 0) is 0 Å². The van der Waals surface area contributed by atoms with Crippen molar-refractivity contribution < 1.29 is 32.6 Å². The maximum absolute atomic E-state index is 13.1. The fourth-order valence-corrected chi connectivity index (χ4v) is 3.82. The summed E-state index contributed by atoms with van der Waals surface area (Å²) in [6.07, 6.45) is 1.34. The van der Waals surface area contributed by atoms with Gasteiger partial charge in [-0.2, -0.15) is 13.2 Å². The second kappa shape index (κ2) is 10.8. The zero-order valence-corrected chi connectivity index (χ0v) is 17.6. The van der Waals surface area contributed by atoms with Crippen molar-refractivity contribution in [3.8, 4) is 5.75 Å². The van der Waals surface area contributed by atoms with E-state index in [1.54, 1.807) is 4.90 Å². The van der Waals surface area contributed by atoms with Crippen LogP contribution in [0.3, 0.4) is 0 Å². The Morgan fingerprint density at radius 3 is 2.45 bits per heavy atom. The van der Waals surface area contributed by atoms with Gasteiger partial charge in [-0.25, -0.2) is 19.6 Å². The van der Waals surface area contributed by atoms with Crippen LogP contribution in [0.25, 0.3) is 0 Å². The quantitative estimate of drug-likeness (QED) is 0.375. The molecule has 9 nitrogen and oxygen atoms in total. The van der Waals surface area contributed by atoms with Crippen molar-refractivity contribution in [3.05, 3.63) is 36.9 Å². The van der Waals surface area contributed by atoms with Gasteiger partial charge in [0.05, 0.1) is 35.9 Å². The molecule has 3 N–H and O–H groups in total. The van der Waals surface area contributed by atoms with Crippen molar-refractivity contribution in [2.75, 3.05) is 22.1 Å². The minimum atomic E-state index is -4.35. The zero-order valence-electron chi connectivity index (χ0n) is 17.6. The summed E-state index contributed by atoms with van der Waals surface area (Å²) in [5.74, 6) is -0.0796. The maximum Gasteiger partial charge on any atom is 0.511 e. The zero-order chi connectivity index (χ0) is 23.8. The predicted octanol–water partition coefficient (Wildman–Crippen LogP) is 5.27. The van der Waals surface area contributed by atoms with Gasteiger partial charge in [0.1, 0.15) is 12.1 Å². The molecule has 1 aliphatic rings. The fraction of sp³-hybridized carbons (Fsp3) is 0.429. The molecule has 0 spiro atoms. The number of benzene rings is 1. The Bertz CT molecular complexity index is 953. The van der Waals surface area contributed by atoms with Crippen LogP contribution in [0.5, 0.6) is 5.75 Å². The minimum Gasteiger partial charge on any atom is -0.449 e. The number of hydrogen-bond donors (Lipinski definition) is 3. The molecule has 1 saturated carbocycles. The highest BCUT2D eigenvalue weighted by atomic mass is 19.4. The number of ether oxygens (including phenoxy) is 1. The van der Waals surface area contributed by atoms with E-state index < -0.39 is 24.8 Å². The molecular formula is C21H24F3N5O4. The summed E-state index contributed by atoms with van der Waals surface area (Å²) in [6.45, 7) is -0.296. The van der Waals surface area contributed by atoms with Crippen LogP contribution in [0.1, 0.15) is 38.5 Å². The van der Waals surface area contributed by atoms with Crippen LogP contribution in [0, 0.1) is 0 Å². The van der Waals surface area contributed by atoms with Gasteiger partial charge < -0.3 is 25.4 Å². The monoisotopic (exact) mass is 467 g/mol. The lowest BCUT2D eigenvalue weighted by atomic mass is 9.93. The van der Waals surface area contributed by atoms with Gasteiger partial charge in [0.2, 0.25) is 0 Å². The molecule has 0 atom stereocenters. The number of rotatable bonds is 7. The van der Waals surface area contributed by atoms with Crippen molar-refractivity contribution >= 4 is 29.2 Å². The number of halogens is 3. The topological polar surface area (TPSA) is 117 Å². The van der Waals surface area contributed by atoms with Crippen LogP contribution in [0.15, 0.2) is 36.9 Å². The van der Waals surface area contributed by atoms with Gasteiger partial charge in [-0.3, -0.25) is 0 Å². The summed E-state index contributed by atoms with van der Waals surface area (Å²) in [7, 11) is 0. The molecule has 2 amide bonds. The molecule has 1 aromatic heterocycles. The molecule has 0 saturated heterocycles. The molecule has 12 heteroatoms. The lowest BCUT2D eigenvalue weighted by molar-refractivity contribution is -0.132. The smallest absolute Gasteiger partial charge is 0.449 e. The summed E-state index contributed by atoms with van der Waals surface area (Å²) in [5, 5.41) is 14.0. The molecule has 0 bridgehead atoms. The first-order valence-corrected chi connectivity index (χ1v) is 10.4. The van der Waals surface area contributed by atoms with Gasteiger partial charge in [0.15, 0.2) is 0 Å². The molecule has 1 aliphatic carbocycles. The number of nitrogens with zero attached hydrogens (tertiary/aromatic N) is 3. The predicted molar refractivity (Wildman–Crippen MR) is 115 cm³/mol. The van der Waals surface area contributed by atoms with Gasteiger partial charge in [-0.15, -0.1) is 0 Å². The summed E-state index contributed by atoms with van der Waals surface area (Å²) < 4.78 is 43.8. The summed E-state index contributed by atoms with van der Waals surface area (Å²) in [6, 6.07) is 3.25. The molecule has 2 aromatic rings. The van der Waals surface area contributed by atoms with Crippen molar-refractivity contribution in [1.82, 2.24) is 9.97 Å². The van der Waals surface area contributed by atoms with Crippen LogP contribution in [-0.4, -0.2) is 46.0 Å². The first-order valence-electron chi connectivity index (χ1n) is 10.4. The molecule has 1 aromatic carbocycles. The highest BCUT2D eigenvalue weighted by molar-refractivity contribution is 6.02. The van der Waals surface area contributed by atoms with Gasteiger partial charge >= 0.3 is 18.4 Å². The Morgan fingerprint density at radius 2 is 1.82 bits per heavy atom. The molecule has 0 aliphatic heterocycles. The largest absolute Gasteiger partial charge is 0.511 e. The van der Waals surface area contributed by atoms with Crippen LogP contribution >= 0.6 is 0 Å². The fourth-order valence-electron chi connectivity index (χ4n) is 3.82. The van der Waals surface area contributed by atoms with E-state index in [1.807, 2.05) is 0 Å². The number of aromatic nitrogens is 2.